The maximum Gasteiger partial charge on any atom is 0.188 e. The third-order valence-corrected chi connectivity index (χ3v) is 4.59. The number of nitrogens with two attached hydrogens (primary N) is 1. The number of aryl methyl sites for hydroxylation is 1. The van der Waals surface area contributed by atoms with Gasteiger partial charge >= 0.3 is 0 Å². The zero-order valence-electron chi connectivity index (χ0n) is 14.9. The summed E-state index contributed by atoms with van der Waals surface area (Å²) in [6, 6.07) is 0.763. The van der Waals surface area contributed by atoms with Crippen LogP contribution in [-0.2, 0) is 7.05 Å². The van der Waals surface area contributed by atoms with Crippen LogP contribution >= 0.6 is 0 Å². The van der Waals surface area contributed by atoms with Gasteiger partial charge in [-0.15, -0.1) is 0 Å². The van der Waals surface area contributed by atoms with Crippen molar-refractivity contribution >= 4 is 5.96 Å². The van der Waals surface area contributed by atoms with Crippen LogP contribution in [0.2, 0.25) is 0 Å². The van der Waals surface area contributed by atoms with Gasteiger partial charge in [-0.2, -0.15) is 5.10 Å². The highest BCUT2D eigenvalue weighted by molar-refractivity contribution is 5.77. The van der Waals surface area contributed by atoms with Crippen molar-refractivity contribution in [3.05, 3.63) is 18.0 Å². The van der Waals surface area contributed by atoms with Crippen molar-refractivity contribution in [1.29, 1.82) is 0 Å². The van der Waals surface area contributed by atoms with Gasteiger partial charge in [0, 0.05) is 31.4 Å². The number of nitrogens with zero attached hydrogens (tertiary/aromatic N) is 5. The number of nitrogens with one attached hydrogen (secondary N) is 1. The van der Waals surface area contributed by atoms with E-state index >= 15 is 0 Å². The predicted octanol–water partition coefficient (Wildman–Crippen LogP) is 0.411. The van der Waals surface area contributed by atoms with E-state index in [4.69, 9.17) is 5.73 Å². The molecule has 0 bridgehead atoms. The minimum absolute atomic E-state index is 0.183. The lowest BCUT2D eigenvalue weighted by Gasteiger charge is -2.24. The number of aliphatic imine (C=N–C) groups is 1. The van der Waals surface area contributed by atoms with Gasteiger partial charge in [0.15, 0.2) is 5.96 Å². The Morgan fingerprint density at radius 2 is 2.35 bits per heavy atom. The Morgan fingerprint density at radius 1 is 1.57 bits per heavy atom. The van der Waals surface area contributed by atoms with E-state index in [1.807, 2.05) is 24.1 Å². The second-order valence-electron chi connectivity index (χ2n) is 6.46. The molecule has 2 unspecified atom stereocenters. The van der Waals surface area contributed by atoms with E-state index in [2.05, 4.69) is 46.2 Å². The first-order valence-electron chi connectivity index (χ1n) is 8.44. The van der Waals surface area contributed by atoms with Gasteiger partial charge < -0.3 is 16.0 Å². The summed E-state index contributed by atoms with van der Waals surface area (Å²) in [5.41, 5.74) is 7.21. The monoisotopic (exact) mass is 321 g/mol. The van der Waals surface area contributed by atoms with E-state index in [9.17, 15) is 0 Å². The number of hydrogen-bond acceptors (Lipinski definition) is 4. The van der Waals surface area contributed by atoms with Gasteiger partial charge in [-0.05, 0) is 40.0 Å². The van der Waals surface area contributed by atoms with Gasteiger partial charge in [0.25, 0.3) is 0 Å². The van der Waals surface area contributed by atoms with E-state index < -0.39 is 0 Å². The van der Waals surface area contributed by atoms with E-state index in [1.165, 1.54) is 19.4 Å². The molecule has 1 saturated heterocycles. The fourth-order valence-electron chi connectivity index (χ4n) is 3.18. The minimum Gasteiger partial charge on any atom is -0.370 e. The molecule has 0 saturated carbocycles. The lowest BCUT2D eigenvalue weighted by molar-refractivity contribution is 0.267. The van der Waals surface area contributed by atoms with Crippen molar-refractivity contribution in [2.24, 2.45) is 17.8 Å². The SMILES string of the molecule is CCN1CCCC1CNC(N)=NCC(c1cnn(C)c1)N(C)C. The molecule has 2 atom stereocenters. The second kappa shape index (κ2) is 8.31. The molecule has 130 valence electrons. The molecule has 0 radical (unpaired) electrons. The molecular weight excluding hydrogens is 290 g/mol. The highest BCUT2D eigenvalue weighted by Gasteiger charge is 2.22. The van der Waals surface area contributed by atoms with Crippen molar-refractivity contribution in [1.82, 2.24) is 24.9 Å². The van der Waals surface area contributed by atoms with Crippen molar-refractivity contribution in [3.63, 3.8) is 0 Å². The molecule has 7 heteroatoms. The molecule has 23 heavy (non-hydrogen) atoms. The zero-order chi connectivity index (χ0) is 16.8. The molecule has 0 aliphatic carbocycles. The lowest BCUT2D eigenvalue weighted by Crippen LogP contribution is -2.43. The van der Waals surface area contributed by atoms with Gasteiger partial charge in [0.2, 0.25) is 0 Å². The van der Waals surface area contributed by atoms with Gasteiger partial charge in [0.05, 0.1) is 18.8 Å². The highest BCUT2D eigenvalue weighted by atomic mass is 15.3. The van der Waals surface area contributed by atoms with E-state index in [-0.39, 0.29) is 6.04 Å². The van der Waals surface area contributed by atoms with Crippen LogP contribution in [0.4, 0.5) is 0 Å². The second-order valence-corrected chi connectivity index (χ2v) is 6.46. The summed E-state index contributed by atoms with van der Waals surface area (Å²) in [7, 11) is 6.03. The van der Waals surface area contributed by atoms with E-state index in [1.54, 1.807) is 0 Å². The topological polar surface area (TPSA) is 74.7 Å². The summed E-state index contributed by atoms with van der Waals surface area (Å²) in [5.74, 6) is 0.531. The first kappa shape index (κ1) is 17.7. The van der Waals surface area contributed by atoms with Gasteiger partial charge in [-0.25, -0.2) is 0 Å². The van der Waals surface area contributed by atoms with Gasteiger partial charge in [-0.1, -0.05) is 6.92 Å². The van der Waals surface area contributed by atoms with E-state index in [0.29, 0.717) is 18.5 Å². The van der Waals surface area contributed by atoms with Crippen molar-refractivity contribution in [3.8, 4) is 0 Å². The average molecular weight is 321 g/mol. The van der Waals surface area contributed by atoms with Crippen LogP contribution in [0.5, 0.6) is 0 Å². The predicted molar refractivity (Wildman–Crippen MR) is 94.4 cm³/mol. The average Bonchev–Trinajstić information content (AvgIpc) is 3.13. The Kier molecular flexibility index (Phi) is 6.41. The summed E-state index contributed by atoms with van der Waals surface area (Å²) in [6.07, 6.45) is 6.44. The molecule has 0 aromatic carbocycles. The smallest absolute Gasteiger partial charge is 0.188 e. The van der Waals surface area contributed by atoms with Crippen LogP contribution in [0.25, 0.3) is 0 Å². The molecule has 1 aliphatic heterocycles. The first-order chi connectivity index (χ1) is 11.0. The summed E-state index contributed by atoms with van der Waals surface area (Å²) >= 11 is 0. The number of likely N-dealkylation sites (tertiary alicyclic amines) is 1. The molecule has 1 aromatic rings. The van der Waals surface area contributed by atoms with Gasteiger partial charge in [0.1, 0.15) is 0 Å². The van der Waals surface area contributed by atoms with Crippen molar-refractivity contribution in [2.75, 3.05) is 40.3 Å². The maximum atomic E-state index is 6.05. The summed E-state index contributed by atoms with van der Waals surface area (Å²) < 4.78 is 1.82. The van der Waals surface area contributed by atoms with Crippen LogP contribution in [-0.4, -0.2) is 71.9 Å². The number of hydrogen-bond donors (Lipinski definition) is 2. The normalized spacial score (nSPS) is 21.1. The highest BCUT2D eigenvalue weighted by Crippen LogP contribution is 2.18. The van der Waals surface area contributed by atoms with Crippen LogP contribution in [0.15, 0.2) is 17.4 Å². The fourth-order valence-corrected chi connectivity index (χ4v) is 3.18. The summed E-state index contributed by atoms with van der Waals surface area (Å²) in [6.45, 7) is 6.02. The number of likely N-dealkylation sites (N-methyl/N-ethyl adjacent to an activating group) is 2. The first-order valence-corrected chi connectivity index (χ1v) is 8.44. The molecule has 7 nitrogen and oxygen atoms in total. The Hall–Kier alpha value is -1.60. The molecule has 1 fully saturated rings. The Labute approximate surface area is 139 Å². The molecule has 3 N–H and O–H groups in total. The third kappa shape index (κ3) is 4.94. The van der Waals surface area contributed by atoms with Crippen molar-refractivity contribution < 1.29 is 0 Å². The Bertz CT molecular complexity index is 508. The minimum atomic E-state index is 0.183. The molecule has 2 heterocycles. The molecule has 2 rings (SSSR count). The Balaban J connectivity index is 1.87. The summed E-state index contributed by atoms with van der Waals surface area (Å²) in [4.78, 5) is 9.17. The zero-order valence-corrected chi connectivity index (χ0v) is 14.9. The molecule has 0 amide bonds. The Morgan fingerprint density at radius 3 is 2.96 bits per heavy atom. The molecule has 1 aromatic heterocycles. The fraction of sp³-hybridized carbons (Fsp3) is 0.750. The third-order valence-electron chi connectivity index (χ3n) is 4.59. The molecular formula is C16H31N7. The summed E-state index contributed by atoms with van der Waals surface area (Å²) in [5, 5.41) is 7.53. The molecule has 0 spiro atoms. The van der Waals surface area contributed by atoms with Crippen LogP contribution in [0.1, 0.15) is 31.4 Å². The van der Waals surface area contributed by atoms with Gasteiger partial charge in [-0.3, -0.25) is 14.6 Å². The quantitative estimate of drug-likeness (QED) is 0.562. The maximum absolute atomic E-state index is 6.05. The number of aromatic nitrogens is 2. The van der Waals surface area contributed by atoms with E-state index in [0.717, 1.165) is 18.7 Å². The lowest BCUT2D eigenvalue weighted by atomic mass is 10.1. The van der Waals surface area contributed by atoms with Crippen molar-refractivity contribution in [2.45, 2.75) is 31.8 Å². The standard InChI is InChI=1S/C16H31N7/c1-5-23-8-6-7-14(23)10-18-16(17)19-11-15(21(2)3)13-9-20-22(4)12-13/h9,12,14-15H,5-8,10-11H2,1-4H3,(H3,17,18,19). The number of guanidine groups is 1. The van der Waals surface area contributed by atoms with Crippen LogP contribution in [0.3, 0.4) is 0 Å². The van der Waals surface area contributed by atoms with Crippen LogP contribution < -0.4 is 11.1 Å². The largest absolute Gasteiger partial charge is 0.370 e. The number of rotatable bonds is 7. The van der Waals surface area contributed by atoms with Crippen LogP contribution in [0, 0.1) is 0 Å². The molecule has 1 aliphatic rings.